The predicted octanol–water partition coefficient (Wildman–Crippen LogP) is 6.04. The summed E-state index contributed by atoms with van der Waals surface area (Å²) in [6.07, 6.45) is 0. The molecule has 0 radical (unpaired) electrons. The SMILES string of the molecule is CC(C)COc1ccc(Br)cc1C(=O)Nc1cc(Cl)cc(Cl)c1. The highest BCUT2D eigenvalue weighted by atomic mass is 79.9. The van der Waals surface area contributed by atoms with E-state index in [2.05, 4.69) is 21.2 Å². The van der Waals surface area contributed by atoms with Crippen LogP contribution in [0.25, 0.3) is 0 Å². The number of carbonyl (C=O) groups excluding carboxylic acids is 1. The van der Waals surface area contributed by atoms with E-state index < -0.39 is 0 Å². The van der Waals surface area contributed by atoms with Crippen LogP contribution in [-0.2, 0) is 0 Å². The molecular formula is C17H16BrCl2NO2. The predicted molar refractivity (Wildman–Crippen MR) is 98.9 cm³/mol. The Bertz CT molecular complexity index is 699. The van der Waals surface area contributed by atoms with Gasteiger partial charge < -0.3 is 10.1 Å². The number of amides is 1. The van der Waals surface area contributed by atoms with Gasteiger partial charge in [-0.1, -0.05) is 53.0 Å². The third-order valence-electron chi connectivity index (χ3n) is 2.88. The fourth-order valence-corrected chi connectivity index (χ4v) is 2.77. The largest absolute Gasteiger partial charge is 0.492 e. The van der Waals surface area contributed by atoms with Gasteiger partial charge in [0.15, 0.2) is 0 Å². The molecule has 6 heteroatoms. The summed E-state index contributed by atoms with van der Waals surface area (Å²) in [7, 11) is 0. The summed E-state index contributed by atoms with van der Waals surface area (Å²) in [6, 6.07) is 10.2. The van der Waals surface area contributed by atoms with Crippen molar-refractivity contribution < 1.29 is 9.53 Å². The quantitative estimate of drug-likeness (QED) is 0.644. The molecule has 0 atom stereocenters. The highest BCUT2D eigenvalue weighted by Crippen LogP contribution is 2.27. The molecule has 0 saturated carbocycles. The number of ether oxygens (including phenoxy) is 1. The summed E-state index contributed by atoms with van der Waals surface area (Å²) < 4.78 is 6.52. The van der Waals surface area contributed by atoms with Gasteiger partial charge in [0.25, 0.3) is 5.91 Å². The molecule has 0 heterocycles. The van der Waals surface area contributed by atoms with Gasteiger partial charge in [0.05, 0.1) is 12.2 Å². The monoisotopic (exact) mass is 415 g/mol. The fourth-order valence-electron chi connectivity index (χ4n) is 1.89. The molecule has 23 heavy (non-hydrogen) atoms. The first-order valence-electron chi connectivity index (χ1n) is 7.05. The Balaban J connectivity index is 2.25. The van der Waals surface area contributed by atoms with Crippen LogP contribution < -0.4 is 10.1 Å². The van der Waals surface area contributed by atoms with Crippen molar-refractivity contribution in [2.45, 2.75) is 13.8 Å². The van der Waals surface area contributed by atoms with Gasteiger partial charge in [0.2, 0.25) is 0 Å². The number of hydrogen-bond acceptors (Lipinski definition) is 2. The van der Waals surface area contributed by atoms with Gasteiger partial charge in [-0.25, -0.2) is 0 Å². The Labute approximate surface area is 154 Å². The molecule has 0 fully saturated rings. The van der Waals surface area contributed by atoms with E-state index in [4.69, 9.17) is 27.9 Å². The molecule has 1 N–H and O–H groups in total. The van der Waals surface area contributed by atoms with Crippen LogP contribution in [0.5, 0.6) is 5.75 Å². The van der Waals surface area contributed by atoms with Crippen molar-refractivity contribution in [1.82, 2.24) is 0 Å². The van der Waals surface area contributed by atoms with Crippen molar-refractivity contribution >= 4 is 50.7 Å². The Hall–Kier alpha value is -1.23. The first kappa shape index (κ1) is 18.1. The smallest absolute Gasteiger partial charge is 0.259 e. The Morgan fingerprint density at radius 3 is 2.43 bits per heavy atom. The fraction of sp³-hybridized carbons (Fsp3) is 0.235. The summed E-state index contributed by atoms with van der Waals surface area (Å²) in [5, 5.41) is 3.70. The topological polar surface area (TPSA) is 38.3 Å². The van der Waals surface area contributed by atoms with Crippen LogP contribution in [0, 0.1) is 5.92 Å². The van der Waals surface area contributed by atoms with E-state index in [1.807, 2.05) is 19.9 Å². The second-order valence-corrected chi connectivity index (χ2v) is 7.25. The molecule has 2 rings (SSSR count). The Morgan fingerprint density at radius 1 is 1.17 bits per heavy atom. The van der Waals surface area contributed by atoms with Gasteiger partial charge in [-0.3, -0.25) is 4.79 Å². The van der Waals surface area contributed by atoms with Crippen molar-refractivity contribution in [3.05, 3.63) is 56.5 Å². The molecule has 1 amide bonds. The molecule has 122 valence electrons. The first-order valence-corrected chi connectivity index (χ1v) is 8.60. The van der Waals surface area contributed by atoms with Crippen molar-refractivity contribution in [2.75, 3.05) is 11.9 Å². The summed E-state index contributed by atoms with van der Waals surface area (Å²) >= 11 is 15.3. The summed E-state index contributed by atoms with van der Waals surface area (Å²) in [4.78, 5) is 12.6. The molecule has 0 spiro atoms. The van der Waals surface area contributed by atoms with Crippen molar-refractivity contribution in [3.8, 4) is 5.75 Å². The van der Waals surface area contributed by atoms with E-state index >= 15 is 0 Å². The number of halogens is 3. The number of hydrogen-bond donors (Lipinski definition) is 1. The maximum Gasteiger partial charge on any atom is 0.259 e. The molecule has 0 bridgehead atoms. The van der Waals surface area contributed by atoms with Crippen molar-refractivity contribution in [2.24, 2.45) is 5.92 Å². The molecule has 0 saturated heterocycles. The molecule has 0 aromatic heterocycles. The standard InChI is InChI=1S/C17H16BrCl2NO2/c1-10(2)9-23-16-4-3-11(18)5-15(16)17(22)21-14-7-12(19)6-13(20)8-14/h3-8,10H,9H2,1-2H3,(H,21,22). The highest BCUT2D eigenvalue weighted by molar-refractivity contribution is 9.10. The lowest BCUT2D eigenvalue weighted by atomic mass is 10.1. The minimum Gasteiger partial charge on any atom is -0.492 e. The van der Waals surface area contributed by atoms with Crippen molar-refractivity contribution in [1.29, 1.82) is 0 Å². The minimum atomic E-state index is -0.289. The minimum absolute atomic E-state index is 0.289. The summed E-state index contributed by atoms with van der Waals surface area (Å²) in [6.45, 7) is 4.63. The van der Waals surface area contributed by atoms with E-state index in [1.54, 1.807) is 30.3 Å². The average Bonchev–Trinajstić information content (AvgIpc) is 2.44. The van der Waals surface area contributed by atoms with Gasteiger partial charge >= 0.3 is 0 Å². The van der Waals surface area contributed by atoms with Gasteiger partial charge in [-0.2, -0.15) is 0 Å². The molecule has 0 unspecified atom stereocenters. The van der Waals surface area contributed by atoms with Crippen LogP contribution >= 0.6 is 39.1 Å². The van der Waals surface area contributed by atoms with E-state index in [0.29, 0.717) is 39.6 Å². The van der Waals surface area contributed by atoms with Crippen LogP contribution in [0.2, 0.25) is 10.0 Å². The lowest BCUT2D eigenvalue weighted by Gasteiger charge is -2.14. The zero-order valence-electron chi connectivity index (χ0n) is 12.7. The second-order valence-electron chi connectivity index (χ2n) is 5.46. The number of rotatable bonds is 5. The lowest BCUT2D eigenvalue weighted by Crippen LogP contribution is -2.15. The van der Waals surface area contributed by atoms with Gasteiger partial charge in [-0.05, 0) is 42.3 Å². The third-order valence-corrected chi connectivity index (χ3v) is 3.81. The number of carbonyl (C=O) groups is 1. The van der Waals surface area contributed by atoms with E-state index in [9.17, 15) is 4.79 Å². The lowest BCUT2D eigenvalue weighted by molar-refractivity contribution is 0.102. The third kappa shape index (κ3) is 5.41. The molecule has 0 aliphatic heterocycles. The van der Waals surface area contributed by atoms with Crippen molar-refractivity contribution in [3.63, 3.8) is 0 Å². The maximum absolute atomic E-state index is 12.6. The second kappa shape index (κ2) is 8.04. The molecule has 3 nitrogen and oxygen atoms in total. The normalized spacial score (nSPS) is 10.7. The van der Waals surface area contributed by atoms with E-state index in [-0.39, 0.29) is 5.91 Å². The number of anilines is 1. The van der Waals surface area contributed by atoms with Gasteiger partial charge in [-0.15, -0.1) is 0 Å². The zero-order valence-corrected chi connectivity index (χ0v) is 15.8. The Morgan fingerprint density at radius 2 is 1.83 bits per heavy atom. The average molecular weight is 417 g/mol. The Kier molecular flexibility index (Phi) is 6.33. The zero-order chi connectivity index (χ0) is 17.0. The molecule has 0 aliphatic carbocycles. The molecule has 2 aromatic rings. The van der Waals surface area contributed by atoms with Crippen LogP contribution in [0.15, 0.2) is 40.9 Å². The van der Waals surface area contributed by atoms with E-state index in [0.717, 1.165) is 4.47 Å². The maximum atomic E-state index is 12.6. The van der Waals surface area contributed by atoms with Crippen LogP contribution in [0.3, 0.4) is 0 Å². The highest BCUT2D eigenvalue weighted by Gasteiger charge is 2.14. The molecule has 2 aromatic carbocycles. The van der Waals surface area contributed by atoms with Crippen LogP contribution in [0.4, 0.5) is 5.69 Å². The molecule has 0 aliphatic rings. The van der Waals surface area contributed by atoms with Gasteiger partial charge in [0.1, 0.15) is 5.75 Å². The number of benzene rings is 2. The van der Waals surface area contributed by atoms with E-state index in [1.165, 1.54) is 0 Å². The first-order chi connectivity index (χ1) is 10.8. The van der Waals surface area contributed by atoms with Crippen LogP contribution in [-0.4, -0.2) is 12.5 Å². The summed E-state index contributed by atoms with van der Waals surface area (Å²) in [5.74, 6) is 0.609. The summed E-state index contributed by atoms with van der Waals surface area (Å²) in [5.41, 5.74) is 0.971. The number of nitrogens with one attached hydrogen (secondary N) is 1. The van der Waals surface area contributed by atoms with Gasteiger partial charge in [0, 0.05) is 20.2 Å². The van der Waals surface area contributed by atoms with Crippen LogP contribution in [0.1, 0.15) is 24.2 Å². The molecular weight excluding hydrogens is 401 g/mol.